The summed E-state index contributed by atoms with van der Waals surface area (Å²) in [7, 11) is 0. The fourth-order valence-corrected chi connectivity index (χ4v) is 4.49. The van der Waals surface area contributed by atoms with Crippen LogP contribution in [0.15, 0.2) is 12.4 Å². The van der Waals surface area contributed by atoms with Gasteiger partial charge in [-0.25, -0.2) is 15.0 Å². The van der Waals surface area contributed by atoms with Crippen LogP contribution in [0.3, 0.4) is 0 Å². The van der Waals surface area contributed by atoms with Crippen LogP contribution in [0, 0.1) is 0 Å². The summed E-state index contributed by atoms with van der Waals surface area (Å²) in [5.74, 6) is 2.09. The van der Waals surface area contributed by atoms with E-state index in [1.165, 1.54) is 0 Å². The molecule has 158 valence electrons. The number of hydrogen-bond donors (Lipinski definition) is 3. The van der Waals surface area contributed by atoms with E-state index < -0.39 is 0 Å². The second-order valence-electron chi connectivity index (χ2n) is 8.31. The van der Waals surface area contributed by atoms with Gasteiger partial charge in [0.1, 0.15) is 17.2 Å². The SMILES string of the molecule is O=C1NCc2nc(N3CCC(c4ncc(Cl)cn4)CC3)nc(NC3(CO)CCC3)c21. The van der Waals surface area contributed by atoms with Crippen LogP contribution in [0.25, 0.3) is 0 Å². The van der Waals surface area contributed by atoms with Crippen molar-refractivity contribution in [2.45, 2.75) is 50.1 Å². The van der Waals surface area contributed by atoms with Crippen molar-refractivity contribution in [2.24, 2.45) is 0 Å². The molecule has 0 atom stereocenters. The van der Waals surface area contributed by atoms with E-state index in [0.717, 1.165) is 51.0 Å². The monoisotopic (exact) mass is 429 g/mol. The molecule has 0 unspecified atom stereocenters. The summed E-state index contributed by atoms with van der Waals surface area (Å²) in [5, 5.41) is 16.6. The number of halogens is 1. The number of amides is 1. The minimum absolute atomic E-state index is 0.0230. The number of nitrogens with one attached hydrogen (secondary N) is 2. The van der Waals surface area contributed by atoms with Gasteiger partial charge in [0.2, 0.25) is 5.95 Å². The normalized spacial score (nSPS) is 20.5. The molecule has 2 aromatic heterocycles. The Hall–Kier alpha value is -2.52. The van der Waals surface area contributed by atoms with E-state index in [9.17, 15) is 9.90 Å². The number of rotatable bonds is 5. The Labute approximate surface area is 179 Å². The molecular formula is C20H24ClN7O2. The molecule has 2 fully saturated rings. The van der Waals surface area contributed by atoms with Crippen LogP contribution in [0.4, 0.5) is 11.8 Å². The standard InChI is InChI=1S/C20H24ClN7O2/c21-13-8-22-16(23-9-13)12-2-6-28(7-3-12)19-25-14-10-24-18(30)15(14)17(26-19)27-20(11-29)4-1-5-20/h8-9,12,29H,1-7,10-11H2,(H,24,30)(H,25,26,27). The first-order chi connectivity index (χ1) is 14.6. The van der Waals surface area contributed by atoms with Crippen LogP contribution < -0.4 is 15.5 Å². The lowest BCUT2D eigenvalue weighted by atomic mass is 9.77. The molecule has 30 heavy (non-hydrogen) atoms. The zero-order chi connectivity index (χ0) is 20.7. The fraction of sp³-hybridized carbons (Fsp3) is 0.550. The largest absolute Gasteiger partial charge is 0.394 e. The van der Waals surface area contributed by atoms with Gasteiger partial charge in [-0.3, -0.25) is 4.79 Å². The lowest BCUT2D eigenvalue weighted by Gasteiger charge is -2.41. The third kappa shape index (κ3) is 3.45. The molecule has 0 aromatic carbocycles. The molecule has 1 saturated heterocycles. The molecule has 2 aromatic rings. The Morgan fingerprint density at radius 2 is 1.97 bits per heavy atom. The van der Waals surface area contributed by atoms with Gasteiger partial charge >= 0.3 is 0 Å². The predicted octanol–water partition coefficient (Wildman–Crippen LogP) is 1.87. The summed E-state index contributed by atoms with van der Waals surface area (Å²) in [4.78, 5) is 32.6. The van der Waals surface area contributed by atoms with Crippen LogP contribution in [0.2, 0.25) is 5.02 Å². The molecule has 10 heteroatoms. The Kier molecular flexibility index (Phi) is 4.94. The highest BCUT2D eigenvalue weighted by atomic mass is 35.5. The van der Waals surface area contributed by atoms with Crippen molar-refractivity contribution in [3.05, 3.63) is 34.5 Å². The average Bonchev–Trinajstić information content (AvgIpc) is 3.12. The fourth-order valence-electron chi connectivity index (χ4n) is 4.39. The predicted molar refractivity (Wildman–Crippen MR) is 112 cm³/mol. The lowest BCUT2D eigenvalue weighted by molar-refractivity contribution is 0.0965. The zero-order valence-corrected chi connectivity index (χ0v) is 17.3. The third-order valence-electron chi connectivity index (χ3n) is 6.40. The van der Waals surface area contributed by atoms with Crippen LogP contribution in [0.1, 0.15) is 59.9 Å². The Morgan fingerprint density at radius 3 is 2.60 bits per heavy atom. The number of piperidine rings is 1. The second kappa shape index (κ2) is 7.63. The van der Waals surface area contributed by atoms with E-state index in [1.807, 2.05) is 0 Å². The molecule has 1 aliphatic carbocycles. The van der Waals surface area contributed by atoms with E-state index >= 15 is 0 Å². The van der Waals surface area contributed by atoms with Gasteiger partial charge in [-0.15, -0.1) is 0 Å². The first kappa shape index (κ1) is 19.4. The molecule has 5 rings (SSSR count). The zero-order valence-electron chi connectivity index (χ0n) is 16.6. The lowest BCUT2D eigenvalue weighted by Crippen LogP contribution is -2.49. The molecule has 2 aliphatic heterocycles. The number of aromatic nitrogens is 4. The first-order valence-corrected chi connectivity index (χ1v) is 10.8. The number of anilines is 2. The van der Waals surface area contributed by atoms with Gasteiger partial charge in [-0.2, -0.15) is 4.98 Å². The number of hydrogen-bond acceptors (Lipinski definition) is 8. The van der Waals surface area contributed by atoms with Gasteiger partial charge in [-0.05, 0) is 32.1 Å². The molecular weight excluding hydrogens is 406 g/mol. The van der Waals surface area contributed by atoms with Crippen molar-refractivity contribution in [3.63, 3.8) is 0 Å². The topological polar surface area (TPSA) is 116 Å². The molecule has 1 saturated carbocycles. The molecule has 9 nitrogen and oxygen atoms in total. The number of nitrogens with zero attached hydrogens (tertiary/aromatic N) is 5. The van der Waals surface area contributed by atoms with Gasteiger partial charge in [0.15, 0.2) is 0 Å². The van der Waals surface area contributed by atoms with Crippen molar-refractivity contribution in [1.82, 2.24) is 25.3 Å². The summed E-state index contributed by atoms with van der Waals surface area (Å²) in [6, 6.07) is 0. The van der Waals surface area contributed by atoms with Crippen LogP contribution in [-0.4, -0.2) is 56.2 Å². The minimum Gasteiger partial charge on any atom is -0.394 e. The van der Waals surface area contributed by atoms with Gasteiger partial charge in [0.25, 0.3) is 5.91 Å². The highest BCUT2D eigenvalue weighted by Crippen LogP contribution is 2.37. The van der Waals surface area contributed by atoms with E-state index in [-0.39, 0.29) is 24.0 Å². The highest BCUT2D eigenvalue weighted by molar-refractivity contribution is 6.30. The molecule has 0 spiro atoms. The Balaban J connectivity index is 1.37. The molecule has 0 radical (unpaired) electrons. The maximum atomic E-state index is 12.3. The molecule has 1 amide bonds. The summed E-state index contributed by atoms with van der Waals surface area (Å²) in [6.45, 7) is 1.98. The van der Waals surface area contributed by atoms with Crippen molar-refractivity contribution in [1.29, 1.82) is 0 Å². The molecule has 0 bridgehead atoms. The van der Waals surface area contributed by atoms with Gasteiger partial charge in [0.05, 0.1) is 29.4 Å². The van der Waals surface area contributed by atoms with E-state index in [4.69, 9.17) is 16.6 Å². The smallest absolute Gasteiger partial charge is 0.257 e. The van der Waals surface area contributed by atoms with E-state index in [2.05, 4.69) is 30.5 Å². The van der Waals surface area contributed by atoms with Gasteiger partial charge in [0, 0.05) is 31.4 Å². The van der Waals surface area contributed by atoms with Crippen molar-refractivity contribution in [2.75, 3.05) is 29.9 Å². The number of fused-ring (bicyclic) bond motifs is 1. The molecule has 4 heterocycles. The van der Waals surface area contributed by atoms with Gasteiger partial charge in [-0.1, -0.05) is 11.6 Å². The van der Waals surface area contributed by atoms with E-state index in [0.29, 0.717) is 34.6 Å². The van der Waals surface area contributed by atoms with Crippen molar-refractivity contribution >= 4 is 29.3 Å². The molecule has 3 N–H and O–H groups in total. The summed E-state index contributed by atoms with van der Waals surface area (Å²) in [6.07, 6.45) is 7.85. The van der Waals surface area contributed by atoms with Crippen molar-refractivity contribution < 1.29 is 9.90 Å². The summed E-state index contributed by atoms with van der Waals surface area (Å²) >= 11 is 5.90. The number of aliphatic hydroxyl groups excluding tert-OH is 1. The molecule has 3 aliphatic rings. The summed E-state index contributed by atoms with van der Waals surface area (Å²) < 4.78 is 0. The first-order valence-electron chi connectivity index (χ1n) is 10.4. The highest BCUT2D eigenvalue weighted by Gasteiger charge is 2.39. The average molecular weight is 430 g/mol. The number of carbonyl (C=O) groups is 1. The van der Waals surface area contributed by atoms with Crippen LogP contribution in [-0.2, 0) is 6.54 Å². The number of aliphatic hydroxyl groups is 1. The maximum Gasteiger partial charge on any atom is 0.257 e. The maximum absolute atomic E-state index is 12.3. The Bertz CT molecular complexity index is 951. The summed E-state index contributed by atoms with van der Waals surface area (Å²) in [5.41, 5.74) is 0.826. The minimum atomic E-state index is -0.388. The van der Waals surface area contributed by atoms with E-state index in [1.54, 1.807) is 12.4 Å². The second-order valence-corrected chi connectivity index (χ2v) is 8.75. The quantitative estimate of drug-likeness (QED) is 0.659. The van der Waals surface area contributed by atoms with Crippen LogP contribution in [0.5, 0.6) is 0 Å². The third-order valence-corrected chi connectivity index (χ3v) is 6.59. The Morgan fingerprint density at radius 1 is 1.23 bits per heavy atom. The number of carbonyl (C=O) groups excluding carboxylic acids is 1. The van der Waals surface area contributed by atoms with Crippen molar-refractivity contribution in [3.8, 4) is 0 Å². The van der Waals surface area contributed by atoms with Gasteiger partial charge < -0.3 is 20.6 Å². The van der Waals surface area contributed by atoms with Crippen LogP contribution >= 0.6 is 11.6 Å².